The average molecular weight is 199 g/mol. The molecule has 72 valence electrons. The van der Waals surface area contributed by atoms with Crippen LogP contribution in [0.15, 0.2) is 18.2 Å². The maximum Gasteiger partial charge on any atom is 0.0684 e. The summed E-state index contributed by atoms with van der Waals surface area (Å²) in [4.78, 5) is 0. The average Bonchev–Trinajstić information content (AvgIpc) is 2.03. The van der Waals surface area contributed by atoms with Crippen molar-refractivity contribution in [1.82, 2.24) is 0 Å². The van der Waals surface area contributed by atoms with Crippen LogP contribution in [0.1, 0.15) is 31.9 Å². The molecule has 0 amide bonds. The smallest absolute Gasteiger partial charge is 0.0684 e. The maximum atomic E-state index is 9.13. The second kappa shape index (κ2) is 3.69. The first-order chi connectivity index (χ1) is 5.95. The second-order valence-corrected chi connectivity index (χ2v) is 4.65. The maximum absolute atomic E-state index is 9.13. The molecule has 2 heteroatoms. The number of hydrogen-bond acceptors (Lipinski definition) is 1. The van der Waals surface area contributed by atoms with Gasteiger partial charge in [0.1, 0.15) is 0 Å². The zero-order chi connectivity index (χ0) is 10.1. The van der Waals surface area contributed by atoms with Crippen LogP contribution in [0.4, 0.5) is 0 Å². The molecule has 0 aromatic heterocycles. The fourth-order valence-electron chi connectivity index (χ4n) is 1.38. The van der Waals surface area contributed by atoms with Crippen LogP contribution in [0.3, 0.4) is 0 Å². The van der Waals surface area contributed by atoms with Crippen molar-refractivity contribution in [3.05, 3.63) is 34.3 Å². The van der Waals surface area contributed by atoms with Crippen LogP contribution < -0.4 is 0 Å². The Morgan fingerprint density at radius 1 is 1.31 bits per heavy atom. The SMILES string of the molecule is CC(C)(C)c1cc(Cl)ccc1CO. The molecule has 13 heavy (non-hydrogen) atoms. The molecule has 1 aromatic rings. The molecule has 0 aliphatic heterocycles. The summed E-state index contributed by atoms with van der Waals surface area (Å²) in [6.07, 6.45) is 0. The van der Waals surface area contributed by atoms with E-state index in [1.807, 2.05) is 18.2 Å². The molecule has 0 heterocycles. The number of hydrogen-bond donors (Lipinski definition) is 1. The van der Waals surface area contributed by atoms with E-state index < -0.39 is 0 Å². The standard InChI is InChI=1S/C11H15ClO/c1-11(2,3)10-6-9(12)5-4-8(10)7-13/h4-6,13H,7H2,1-3H3. The molecular weight excluding hydrogens is 184 g/mol. The third-order valence-corrected chi connectivity index (χ3v) is 2.29. The fraction of sp³-hybridized carbons (Fsp3) is 0.455. The van der Waals surface area contributed by atoms with Gasteiger partial charge >= 0.3 is 0 Å². The first-order valence-electron chi connectivity index (χ1n) is 4.35. The third-order valence-electron chi connectivity index (χ3n) is 2.05. The van der Waals surface area contributed by atoms with Crippen molar-refractivity contribution in [2.24, 2.45) is 0 Å². The van der Waals surface area contributed by atoms with E-state index in [2.05, 4.69) is 20.8 Å². The lowest BCUT2D eigenvalue weighted by molar-refractivity contribution is 0.278. The fourth-order valence-corrected chi connectivity index (χ4v) is 1.56. The topological polar surface area (TPSA) is 20.2 Å². The number of aliphatic hydroxyl groups excluding tert-OH is 1. The van der Waals surface area contributed by atoms with Crippen LogP contribution in [-0.4, -0.2) is 5.11 Å². The molecule has 1 aromatic carbocycles. The number of benzene rings is 1. The van der Waals surface area contributed by atoms with Gasteiger partial charge in [0.05, 0.1) is 6.61 Å². The van der Waals surface area contributed by atoms with Gasteiger partial charge in [-0.05, 0) is 28.7 Å². The van der Waals surface area contributed by atoms with Crippen molar-refractivity contribution in [3.63, 3.8) is 0 Å². The summed E-state index contributed by atoms with van der Waals surface area (Å²) in [5.41, 5.74) is 2.10. The Hall–Kier alpha value is -0.530. The van der Waals surface area contributed by atoms with Gasteiger partial charge in [-0.1, -0.05) is 38.4 Å². The second-order valence-electron chi connectivity index (χ2n) is 4.21. The molecule has 0 saturated heterocycles. The highest BCUT2D eigenvalue weighted by Crippen LogP contribution is 2.28. The third kappa shape index (κ3) is 2.45. The van der Waals surface area contributed by atoms with Gasteiger partial charge in [-0.15, -0.1) is 0 Å². The lowest BCUT2D eigenvalue weighted by Crippen LogP contribution is -2.14. The highest BCUT2D eigenvalue weighted by Gasteiger charge is 2.17. The number of rotatable bonds is 1. The summed E-state index contributed by atoms with van der Waals surface area (Å²) in [5, 5.41) is 9.85. The summed E-state index contributed by atoms with van der Waals surface area (Å²) < 4.78 is 0. The summed E-state index contributed by atoms with van der Waals surface area (Å²) in [7, 11) is 0. The summed E-state index contributed by atoms with van der Waals surface area (Å²) in [6.45, 7) is 6.40. The minimum Gasteiger partial charge on any atom is -0.392 e. The first-order valence-corrected chi connectivity index (χ1v) is 4.72. The molecule has 0 bridgehead atoms. The zero-order valence-electron chi connectivity index (χ0n) is 8.26. The van der Waals surface area contributed by atoms with Crippen LogP contribution >= 0.6 is 11.6 Å². The van der Waals surface area contributed by atoms with Crippen molar-refractivity contribution in [3.8, 4) is 0 Å². The number of aliphatic hydroxyl groups is 1. The van der Waals surface area contributed by atoms with Crippen LogP contribution in [0.5, 0.6) is 0 Å². The molecule has 0 atom stereocenters. The van der Waals surface area contributed by atoms with E-state index in [0.29, 0.717) is 0 Å². The highest BCUT2D eigenvalue weighted by molar-refractivity contribution is 6.30. The van der Waals surface area contributed by atoms with Crippen molar-refractivity contribution in [2.45, 2.75) is 32.8 Å². The molecule has 0 saturated carbocycles. The molecular formula is C11H15ClO. The Kier molecular flexibility index (Phi) is 2.99. The van der Waals surface area contributed by atoms with Crippen molar-refractivity contribution < 1.29 is 5.11 Å². The molecule has 1 nitrogen and oxygen atoms in total. The Morgan fingerprint density at radius 3 is 2.38 bits per heavy atom. The molecule has 0 spiro atoms. The van der Waals surface area contributed by atoms with Crippen LogP contribution in [-0.2, 0) is 12.0 Å². The van der Waals surface area contributed by atoms with Gasteiger partial charge in [0.15, 0.2) is 0 Å². The molecule has 1 N–H and O–H groups in total. The molecule has 0 aliphatic carbocycles. The van der Waals surface area contributed by atoms with Gasteiger partial charge in [0.2, 0.25) is 0 Å². The molecule has 0 aliphatic rings. The van der Waals surface area contributed by atoms with Crippen LogP contribution in [0, 0.1) is 0 Å². The van der Waals surface area contributed by atoms with Gasteiger partial charge in [-0.25, -0.2) is 0 Å². The van der Waals surface area contributed by atoms with Crippen molar-refractivity contribution in [1.29, 1.82) is 0 Å². The summed E-state index contributed by atoms with van der Waals surface area (Å²) in [6, 6.07) is 5.61. The summed E-state index contributed by atoms with van der Waals surface area (Å²) in [5.74, 6) is 0. The predicted molar refractivity (Wildman–Crippen MR) is 56.1 cm³/mol. The van der Waals surface area contributed by atoms with E-state index in [0.717, 1.165) is 16.1 Å². The van der Waals surface area contributed by atoms with Gasteiger partial charge in [0, 0.05) is 5.02 Å². The van der Waals surface area contributed by atoms with E-state index in [1.165, 1.54) is 0 Å². The van der Waals surface area contributed by atoms with E-state index in [9.17, 15) is 0 Å². The summed E-state index contributed by atoms with van der Waals surface area (Å²) >= 11 is 5.90. The molecule has 1 rings (SSSR count). The lowest BCUT2D eigenvalue weighted by Gasteiger charge is -2.22. The van der Waals surface area contributed by atoms with E-state index in [1.54, 1.807) is 0 Å². The van der Waals surface area contributed by atoms with Gasteiger partial charge < -0.3 is 5.11 Å². The van der Waals surface area contributed by atoms with Gasteiger partial charge in [0.25, 0.3) is 0 Å². The van der Waals surface area contributed by atoms with Gasteiger partial charge in [-0.3, -0.25) is 0 Å². The molecule has 0 radical (unpaired) electrons. The van der Waals surface area contributed by atoms with E-state index in [4.69, 9.17) is 16.7 Å². The van der Waals surface area contributed by atoms with Crippen LogP contribution in [0.2, 0.25) is 5.02 Å². The van der Waals surface area contributed by atoms with E-state index >= 15 is 0 Å². The Bertz CT molecular complexity index is 299. The normalized spacial score (nSPS) is 11.8. The first kappa shape index (κ1) is 10.6. The van der Waals surface area contributed by atoms with Gasteiger partial charge in [-0.2, -0.15) is 0 Å². The monoisotopic (exact) mass is 198 g/mol. The minimum absolute atomic E-state index is 0.0307. The quantitative estimate of drug-likeness (QED) is 0.735. The minimum atomic E-state index is 0.0307. The Balaban J connectivity index is 3.24. The molecule has 0 fully saturated rings. The van der Waals surface area contributed by atoms with Crippen LogP contribution in [0.25, 0.3) is 0 Å². The Morgan fingerprint density at radius 2 is 1.92 bits per heavy atom. The van der Waals surface area contributed by atoms with Crippen molar-refractivity contribution >= 4 is 11.6 Å². The van der Waals surface area contributed by atoms with E-state index in [-0.39, 0.29) is 12.0 Å². The number of halogens is 1. The highest BCUT2D eigenvalue weighted by atomic mass is 35.5. The largest absolute Gasteiger partial charge is 0.392 e. The molecule has 0 unspecified atom stereocenters. The Labute approximate surface area is 84.4 Å². The van der Waals surface area contributed by atoms with Crippen molar-refractivity contribution in [2.75, 3.05) is 0 Å². The zero-order valence-corrected chi connectivity index (χ0v) is 9.02. The predicted octanol–water partition coefficient (Wildman–Crippen LogP) is 3.13. The lowest BCUT2D eigenvalue weighted by atomic mass is 9.84.